The van der Waals surface area contributed by atoms with Crippen molar-refractivity contribution in [2.24, 2.45) is 17.6 Å². The molecular weight excluding hydrogens is 546 g/mol. The topological polar surface area (TPSA) is 226 Å². The van der Waals surface area contributed by atoms with Crippen LogP contribution in [0, 0.1) is 11.8 Å². The SMILES string of the molecule is C[C@H]1CCC/C=C/[C@@H]2C[C@H](O)C[C@H]2[C@H](O)[C@H](SCC(NC(=O)CCC(N)C(=O)O)C(=O)NCC(=O)O)CC(=O)O1. The number of rotatable bonds is 11. The van der Waals surface area contributed by atoms with Gasteiger partial charge in [0, 0.05) is 17.4 Å². The number of allylic oxidation sites excluding steroid dienone is 2. The van der Waals surface area contributed by atoms with Crippen LogP contribution >= 0.6 is 11.8 Å². The largest absolute Gasteiger partial charge is 0.480 e. The van der Waals surface area contributed by atoms with Gasteiger partial charge < -0.3 is 41.5 Å². The van der Waals surface area contributed by atoms with Gasteiger partial charge in [-0.3, -0.25) is 24.0 Å². The standard InChI is InChI=1S/C26H41N3O10S/c1-14-5-3-2-4-6-15-9-16(30)10-17(15)24(35)20(11-23(34)39-14)40-13-19(25(36)28-12-22(32)33)29-21(31)8-7-18(27)26(37)38/h4,6,14-20,24,30,35H,2-3,5,7-13,27H2,1H3,(H,28,36)(H,29,31)(H,32,33)(H,37,38)/b6-4+/t14-,15+,16-,17+,18?,19?,20+,24-/m0/s1. The van der Waals surface area contributed by atoms with Crippen molar-refractivity contribution in [3.05, 3.63) is 12.2 Å². The summed E-state index contributed by atoms with van der Waals surface area (Å²) in [5.74, 6) is -5.12. The first-order valence-corrected chi connectivity index (χ1v) is 14.5. The fourth-order valence-electron chi connectivity index (χ4n) is 4.90. The molecule has 1 saturated carbocycles. The van der Waals surface area contributed by atoms with Crippen molar-refractivity contribution in [1.29, 1.82) is 0 Å². The smallest absolute Gasteiger partial charge is 0.322 e. The molecule has 2 aliphatic rings. The molecule has 2 rings (SSSR count). The van der Waals surface area contributed by atoms with Crippen LogP contribution < -0.4 is 16.4 Å². The molecule has 0 bridgehead atoms. The molecule has 1 fully saturated rings. The minimum atomic E-state index is -1.29. The molecule has 0 spiro atoms. The summed E-state index contributed by atoms with van der Waals surface area (Å²) in [6, 6.07) is -2.51. The molecule has 40 heavy (non-hydrogen) atoms. The summed E-state index contributed by atoms with van der Waals surface area (Å²) >= 11 is 1.06. The van der Waals surface area contributed by atoms with Crippen LogP contribution in [0.1, 0.15) is 58.3 Å². The van der Waals surface area contributed by atoms with Crippen LogP contribution in [0.15, 0.2) is 12.2 Å². The zero-order chi connectivity index (χ0) is 29.8. The van der Waals surface area contributed by atoms with E-state index in [0.717, 1.165) is 24.6 Å². The van der Waals surface area contributed by atoms with Gasteiger partial charge in [-0.1, -0.05) is 12.2 Å². The Kier molecular flexibility index (Phi) is 13.9. The minimum Gasteiger partial charge on any atom is -0.480 e. The fourth-order valence-corrected chi connectivity index (χ4v) is 6.22. The number of esters is 1. The van der Waals surface area contributed by atoms with Crippen molar-refractivity contribution < 1.29 is 49.1 Å². The third-order valence-electron chi connectivity index (χ3n) is 7.07. The van der Waals surface area contributed by atoms with E-state index in [1.807, 2.05) is 12.2 Å². The monoisotopic (exact) mass is 587 g/mol. The van der Waals surface area contributed by atoms with E-state index in [1.165, 1.54) is 0 Å². The maximum Gasteiger partial charge on any atom is 0.322 e. The Balaban J connectivity index is 2.20. The lowest BCUT2D eigenvalue weighted by molar-refractivity contribution is -0.149. The van der Waals surface area contributed by atoms with Crippen LogP contribution in [0.2, 0.25) is 0 Å². The zero-order valence-electron chi connectivity index (χ0n) is 22.6. The molecule has 0 saturated heterocycles. The number of aliphatic carboxylic acids is 2. The number of ether oxygens (including phenoxy) is 1. The maximum atomic E-state index is 12.8. The summed E-state index contributed by atoms with van der Waals surface area (Å²) in [7, 11) is 0. The van der Waals surface area contributed by atoms with E-state index >= 15 is 0 Å². The predicted octanol–water partition coefficient (Wildman–Crippen LogP) is -0.224. The van der Waals surface area contributed by atoms with Crippen LogP contribution in [-0.2, 0) is 28.7 Å². The number of aliphatic hydroxyl groups is 2. The minimum absolute atomic E-state index is 0.102. The molecule has 2 unspecified atom stereocenters. The highest BCUT2D eigenvalue weighted by atomic mass is 32.2. The second-order valence-electron chi connectivity index (χ2n) is 10.4. The normalized spacial score (nSPS) is 29.8. The van der Waals surface area contributed by atoms with Gasteiger partial charge in [-0.15, -0.1) is 0 Å². The van der Waals surface area contributed by atoms with Gasteiger partial charge in [-0.05, 0) is 57.3 Å². The third-order valence-corrected chi connectivity index (χ3v) is 8.46. The molecule has 1 heterocycles. The number of carboxylic acids is 2. The highest BCUT2D eigenvalue weighted by Crippen LogP contribution is 2.39. The quantitative estimate of drug-likeness (QED) is 0.123. The van der Waals surface area contributed by atoms with Gasteiger partial charge in [0.2, 0.25) is 11.8 Å². The van der Waals surface area contributed by atoms with Gasteiger partial charge >= 0.3 is 17.9 Å². The number of nitrogens with one attached hydrogen (secondary N) is 2. The summed E-state index contributed by atoms with van der Waals surface area (Å²) in [5, 5.41) is 43.5. The lowest BCUT2D eigenvalue weighted by Crippen LogP contribution is -2.50. The maximum absolute atomic E-state index is 12.8. The van der Waals surface area contributed by atoms with Gasteiger partial charge in [0.1, 0.15) is 18.6 Å². The van der Waals surface area contributed by atoms with Crippen molar-refractivity contribution in [1.82, 2.24) is 10.6 Å². The zero-order valence-corrected chi connectivity index (χ0v) is 23.4. The van der Waals surface area contributed by atoms with E-state index in [2.05, 4.69) is 10.6 Å². The lowest BCUT2D eigenvalue weighted by atomic mass is 9.87. The number of aliphatic hydroxyl groups excluding tert-OH is 2. The molecule has 2 amide bonds. The first-order chi connectivity index (χ1) is 18.9. The highest BCUT2D eigenvalue weighted by Gasteiger charge is 2.41. The average molecular weight is 588 g/mol. The number of carbonyl (C=O) groups is 5. The van der Waals surface area contributed by atoms with Gasteiger partial charge in [0.05, 0.1) is 24.7 Å². The Morgan fingerprint density at radius 3 is 2.60 bits per heavy atom. The summed E-state index contributed by atoms with van der Waals surface area (Å²) < 4.78 is 5.52. The number of cyclic esters (lactones) is 1. The summed E-state index contributed by atoms with van der Waals surface area (Å²) in [6.07, 6.45) is 4.47. The van der Waals surface area contributed by atoms with E-state index in [1.54, 1.807) is 6.92 Å². The Bertz CT molecular complexity index is 932. The number of carbonyl (C=O) groups excluding carboxylic acids is 3. The number of fused-ring (bicyclic) bond motifs is 1. The number of nitrogens with two attached hydrogens (primary N) is 1. The van der Waals surface area contributed by atoms with Crippen molar-refractivity contribution in [3.8, 4) is 0 Å². The molecule has 1 aliphatic carbocycles. The predicted molar refractivity (Wildman–Crippen MR) is 145 cm³/mol. The Morgan fingerprint density at radius 2 is 1.93 bits per heavy atom. The third kappa shape index (κ3) is 11.4. The Morgan fingerprint density at radius 1 is 1.20 bits per heavy atom. The number of thioether (sulfide) groups is 1. The molecule has 0 aromatic heterocycles. The lowest BCUT2D eigenvalue weighted by Gasteiger charge is -2.30. The first-order valence-electron chi connectivity index (χ1n) is 13.5. The Hall–Kier alpha value is -2.68. The van der Waals surface area contributed by atoms with Crippen LogP contribution in [0.5, 0.6) is 0 Å². The molecule has 8 atom stereocenters. The molecule has 8 N–H and O–H groups in total. The molecule has 13 nitrogen and oxygen atoms in total. The summed E-state index contributed by atoms with van der Waals surface area (Å²) in [4.78, 5) is 59.9. The second-order valence-corrected chi connectivity index (χ2v) is 11.7. The van der Waals surface area contributed by atoms with Crippen LogP contribution in [-0.4, -0.2) is 98.1 Å². The van der Waals surface area contributed by atoms with E-state index in [0.29, 0.717) is 19.3 Å². The molecule has 1 aliphatic heterocycles. The van der Waals surface area contributed by atoms with Crippen molar-refractivity contribution in [3.63, 3.8) is 0 Å². The molecule has 0 aromatic rings. The van der Waals surface area contributed by atoms with Gasteiger partial charge in [0.15, 0.2) is 0 Å². The number of hydrogen-bond acceptors (Lipinski definition) is 10. The van der Waals surface area contributed by atoms with Gasteiger partial charge in [0.25, 0.3) is 0 Å². The fraction of sp³-hybridized carbons (Fsp3) is 0.731. The van der Waals surface area contributed by atoms with Crippen molar-refractivity contribution in [2.75, 3.05) is 12.3 Å². The number of amides is 2. The average Bonchev–Trinajstić information content (AvgIpc) is 3.26. The summed E-state index contributed by atoms with van der Waals surface area (Å²) in [6.45, 7) is 1.10. The van der Waals surface area contributed by atoms with Crippen LogP contribution in [0.3, 0.4) is 0 Å². The van der Waals surface area contributed by atoms with Crippen molar-refractivity contribution in [2.45, 2.75) is 93.9 Å². The molecule has 14 heteroatoms. The highest BCUT2D eigenvalue weighted by molar-refractivity contribution is 8.00. The van der Waals surface area contributed by atoms with E-state index in [-0.39, 0.29) is 43.0 Å². The summed E-state index contributed by atoms with van der Waals surface area (Å²) in [5.41, 5.74) is 5.44. The van der Waals surface area contributed by atoms with Crippen LogP contribution in [0.25, 0.3) is 0 Å². The van der Waals surface area contributed by atoms with Gasteiger partial charge in [-0.2, -0.15) is 11.8 Å². The molecular formula is C26H41N3O10S. The Labute approximate surface area is 237 Å². The van der Waals surface area contributed by atoms with E-state index in [9.17, 15) is 34.2 Å². The molecule has 0 aromatic carbocycles. The number of hydrogen-bond donors (Lipinski definition) is 7. The van der Waals surface area contributed by atoms with Crippen molar-refractivity contribution >= 4 is 41.5 Å². The van der Waals surface area contributed by atoms with Gasteiger partial charge in [-0.25, -0.2) is 0 Å². The van der Waals surface area contributed by atoms with E-state index < -0.39 is 65.8 Å². The first kappa shape index (κ1) is 33.5. The second kappa shape index (κ2) is 16.6. The molecule has 0 radical (unpaired) electrons. The molecule has 226 valence electrons. The van der Waals surface area contributed by atoms with Crippen LogP contribution in [0.4, 0.5) is 0 Å². The van der Waals surface area contributed by atoms with E-state index in [4.69, 9.17) is 20.7 Å². The number of carboxylic acid groups (broad SMARTS) is 2.